The van der Waals surface area contributed by atoms with Gasteiger partial charge in [0.2, 0.25) is 5.43 Å². The number of fused-ring (bicyclic) bond motifs is 3. The summed E-state index contributed by atoms with van der Waals surface area (Å²) in [5.74, 6) is -0.447. The zero-order valence-electron chi connectivity index (χ0n) is 12.6. The van der Waals surface area contributed by atoms with E-state index in [-0.39, 0.29) is 11.0 Å². The molecule has 5 nitrogen and oxygen atoms in total. The van der Waals surface area contributed by atoms with Gasteiger partial charge in [-0.25, -0.2) is 0 Å². The highest BCUT2D eigenvalue weighted by molar-refractivity contribution is 6.09. The first kappa shape index (κ1) is 14.1. The smallest absolute Gasteiger partial charge is 0.261 e. The van der Waals surface area contributed by atoms with Gasteiger partial charge in [0.05, 0.1) is 5.52 Å². The quantitative estimate of drug-likeness (QED) is 0.557. The Balaban J connectivity index is 1.83. The molecule has 2 aromatic heterocycles. The van der Waals surface area contributed by atoms with Crippen LogP contribution in [0.3, 0.4) is 0 Å². The average molecular weight is 315 g/mol. The molecule has 0 aliphatic carbocycles. The molecule has 0 aliphatic heterocycles. The van der Waals surface area contributed by atoms with Crippen LogP contribution in [0.15, 0.2) is 71.9 Å². The number of carbonyl (C=O) groups is 1. The van der Waals surface area contributed by atoms with E-state index in [1.807, 2.05) is 30.3 Å². The van der Waals surface area contributed by atoms with Crippen LogP contribution in [0.25, 0.3) is 21.7 Å². The van der Waals surface area contributed by atoms with Crippen LogP contribution >= 0.6 is 0 Å². The van der Waals surface area contributed by atoms with Crippen molar-refractivity contribution in [1.82, 2.24) is 9.97 Å². The molecule has 2 N–H and O–H groups in total. The van der Waals surface area contributed by atoms with Crippen LogP contribution in [0.2, 0.25) is 0 Å². The van der Waals surface area contributed by atoms with Crippen LogP contribution in [0, 0.1) is 0 Å². The van der Waals surface area contributed by atoms with Crippen molar-refractivity contribution >= 4 is 33.3 Å². The molecular weight excluding hydrogens is 302 g/mol. The van der Waals surface area contributed by atoms with Gasteiger partial charge in [-0.1, -0.05) is 30.3 Å². The zero-order chi connectivity index (χ0) is 16.5. The third kappa shape index (κ3) is 2.32. The molecule has 5 heteroatoms. The first-order chi connectivity index (χ1) is 11.7. The number of nitrogens with one attached hydrogen (secondary N) is 2. The Morgan fingerprint density at radius 2 is 1.75 bits per heavy atom. The molecule has 0 radical (unpaired) electrons. The Morgan fingerprint density at radius 1 is 0.958 bits per heavy atom. The molecule has 4 aromatic rings. The maximum atomic E-state index is 12.7. The third-order valence-corrected chi connectivity index (χ3v) is 3.96. The predicted molar refractivity (Wildman–Crippen MR) is 94.3 cm³/mol. The topological polar surface area (TPSA) is 74.8 Å². The summed E-state index contributed by atoms with van der Waals surface area (Å²) in [4.78, 5) is 32.1. The highest BCUT2D eigenvalue weighted by Gasteiger charge is 2.14. The van der Waals surface area contributed by atoms with E-state index in [1.165, 1.54) is 6.20 Å². The predicted octanol–water partition coefficient (Wildman–Crippen LogP) is 3.33. The number of amides is 1. The fourth-order valence-electron chi connectivity index (χ4n) is 2.77. The normalized spacial score (nSPS) is 10.8. The van der Waals surface area contributed by atoms with Gasteiger partial charge in [0.15, 0.2) is 0 Å². The molecule has 2 aromatic carbocycles. The second kappa shape index (κ2) is 5.62. The Morgan fingerprint density at radius 3 is 2.58 bits per heavy atom. The number of H-pyrrole nitrogens is 1. The summed E-state index contributed by atoms with van der Waals surface area (Å²) in [6.07, 6.45) is 4.62. The summed E-state index contributed by atoms with van der Waals surface area (Å²) >= 11 is 0. The second-order valence-corrected chi connectivity index (χ2v) is 5.43. The zero-order valence-corrected chi connectivity index (χ0v) is 12.6. The molecule has 24 heavy (non-hydrogen) atoms. The first-order valence-corrected chi connectivity index (χ1v) is 7.48. The van der Waals surface area contributed by atoms with E-state index in [0.717, 1.165) is 16.3 Å². The highest BCUT2D eigenvalue weighted by atomic mass is 16.2. The van der Waals surface area contributed by atoms with Gasteiger partial charge in [0.1, 0.15) is 5.56 Å². The minimum Gasteiger partial charge on any atom is -0.360 e. The molecule has 0 fully saturated rings. The lowest BCUT2D eigenvalue weighted by atomic mass is 10.0. The molecule has 1 amide bonds. The van der Waals surface area contributed by atoms with Gasteiger partial charge in [0, 0.05) is 35.1 Å². The molecule has 4 rings (SSSR count). The number of anilines is 1. The van der Waals surface area contributed by atoms with Gasteiger partial charge < -0.3 is 10.3 Å². The van der Waals surface area contributed by atoms with E-state index < -0.39 is 5.91 Å². The van der Waals surface area contributed by atoms with Crippen LogP contribution in [0.4, 0.5) is 5.69 Å². The van der Waals surface area contributed by atoms with Gasteiger partial charge in [-0.05, 0) is 23.6 Å². The van der Waals surface area contributed by atoms with E-state index in [2.05, 4.69) is 15.3 Å². The number of nitrogens with zero attached hydrogens (tertiary/aromatic N) is 1. The lowest BCUT2D eigenvalue weighted by Gasteiger charge is -2.07. The molecule has 0 bridgehead atoms. The lowest BCUT2D eigenvalue weighted by molar-refractivity contribution is 0.102. The number of aromatic nitrogens is 2. The van der Waals surface area contributed by atoms with Crippen LogP contribution < -0.4 is 10.7 Å². The minimum absolute atomic E-state index is 0.0783. The van der Waals surface area contributed by atoms with Crippen LogP contribution in [-0.4, -0.2) is 15.9 Å². The van der Waals surface area contributed by atoms with Crippen molar-refractivity contribution in [2.75, 3.05) is 5.32 Å². The summed E-state index contributed by atoms with van der Waals surface area (Å²) in [5, 5.41) is 5.19. The molecule has 0 saturated heterocycles. The Hall–Kier alpha value is -3.47. The van der Waals surface area contributed by atoms with Crippen LogP contribution in [-0.2, 0) is 0 Å². The van der Waals surface area contributed by atoms with Crippen molar-refractivity contribution in [2.24, 2.45) is 0 Å². The summed E-state index contributed by atoms with van der Waals surface area (Å²) in [6.45, 7) is 0. The van der Waals surface area contributed by atoms with Gasteiger partial charge in [-0.2, -0.15) is 0 Å². The van der Waals surface area contributed by atoms with E-state index >= 15 is 0 Å². The van der Waals surface area contributed by atoms with E-state index in [9.17, 15) is 9.59 Å². The molecule has 0 spiro atoms. The largest absolute Gasteiger partial charge is 0.360 e. The summed E-state index contributed by atoms with van der Waals surface area (Å²) < 4.78 is 0. The number of pyridine rings is 2. The summed E-state index contributed by atoms with van der Waals surface area (Å²) in [5.41, 5.74) is 1.11. The summed E-state index contributed by atoms with van der Waals surface area (Å²) in [7, 11) is 0. The Labute approximate surface area is 137 Å². The first-order valence-electron chi connectivity index (χ1n) is 7.48. The van der Waals surface area contributed by atoms with Crippen molar-refractivity contribution in [1.29, 1.82) is 0 Å². The van der Waals surface area contributed by atoms with E-state index in [4.69, 9.17) is 0 Å². The third-order valence-electron chi connectivity index (χ3n) is 3.96. The second-order valence-electron chi connectivity index (χ2n) is 5.43. The number of hydrogen-bond acceptors (Lipinski definition) is 3. The minimum atomic E-state index is -0.447. The van der Waals surface area contributed by atoms with Gasteiger partial charge in [-0.3, -0.25) is 14.6 Å². The van der Waals surface area contributed by atoms with E-state index in [0.29, 0.717) is 11.1 Å². The van der Waals surface area contributed by atoms with Crippen molar-refractivity contribution < 1.29 is 4.79 Å². The Kier molecular flexibility index (Phi) is 3.31. The van der Waals surface area contributed by atoms with Crippen molar-refractivity contribution in [3.8, 4) is 0 Å². The van der Waals surface area contributed by atoms with Crippen molar-refractivity contribution in [3.63, 3.8) is 0 Å². The lowest BCUT2D eigenvalue weighted by Crippen LogP contribution is -2.22. The maximum absolute atomic E-state index is 12.7. The maximum Gasteiger partial charge on any atom is 0.261 e. The molecule has 2 heterocycles. The summed E-state index contributed by atoms with van der Waals surface area (Å²) in [6, 6.07) is 14.8. The standard InChI is InChI=1S/C19H13N3O2/c23-18-15-6-5-12-3-1-2-4-14(12)17(15)21-11-16(18)19(24)22-13-7-9-20-10-8-13/h1-11H,(H,21,23)(H,20,22,24). The van der Waals surface area contributed by atoms with Gasteiger partial charge >= 0.3 is 0 Å². The molecule has 116 valence electrons. The van der Waals surface area contributed by atoms with Crippen molar-refractivity contribution in [3.05, 3.63) is 82.9 Å². The SMILES string of the molecule is O=C(Nc1ccncc1)c1c[nH]c2c(ccc3ccccc32)c1=O. The van der Waals surface area contributed by atoms with Crippen molar-refractivity contribution in [2.45, 2.75) is 0 Å². The van der Waals surface area contributed by atoms with Gasteiger partial charge in [0.25, 0.3) is 5.91 Å². The number of hydrogen-bond donors (Lipinski definition) is 2. The molecular formula is C19H13N3O2. The van der Waals surface area contributed by atoms with Gasteiger partial charge in [-0.15, -0.1) is 0 Å². The molecule has 0 atom stereocenters. The van der Waals surface area contributed by atoms with Crippen LogP contribution in [0.1, 0.15) is 10.4 Å². The molecule has 0 saturated carbocycles. The Bertz CT molecular complexity index is 1120. The molecule has 0 aliphatic rings. The molecule has 0 unspecified atom stereocenters. The number of rotatable bonds is 2. The fourth-order valence-corrected chi connectivity index (χ4v) is 2.77. The number of benzene rings is 2. The number of aromatic amines is 1. The highest BCUT2D eigenvalue weighted by Crippen LogP contribution is 2.21. The fraction of sp³-hybridized carbons (Fsp3) is 0. The van der Waals surface area contributed by atoms with Crippen LogP contribution in [0.5, 0.6) is 0 Å². The van der Waals surface area contributed by atoms with E-state index in [1.54, 1.807) is 30.6 Å². The average Bonchev–Trinajstić information content (AvgIpc) is 2.62. The monoisotopic (exact) mass is 315 g/mol. The number of carbonyl (C=O) groups excluding carboxylic acids is 1.